The van der Waals surface area contributed by atoms with Gasteiger partial charge in [-0.3, -0.25) is 9.59 Å². The topological polar surface area (TPSA) is 83.5 Å². The second-order valence-electron chi connectivity index (χ2n) is 7.85. The lowest BCUT2D eigenvalue weighted by Gasteiger charge is -2.22. The fraction of sp³-hybridized carbons (Fsp3) is 0.231. The van der Waals surface area contributed by atoms with Crippen LogP contribution >= 0.6 is 0 Å². The summed E-state index contributed by atoms with van der Waals surface area (Å²) in [6, 6.07) is 18.0. The summed E-state index contributed by atoms with van der Waals surface area (Å²) in [5.74, 6) is -1.22. The van der Waals surface area contributed by atoms with Crippen molar-refractivity contribution in [2.24, 2.45) is 0 Å². The van der Waals surface area contributed by atoms with Crippen molar-refractivity contribution in [3.8, 4) is 0 Å². The Bertz CT molecular complexity index is 1280. The van der Waals surface area contributed by atoms with Crippen molar-refractivity contribution in [1.82, 2.24) is 10.2 Å². The van der Waals surface area contributed by atoms with E-state index in [1.54, 1.807) is 25.1 Å². The van der Waals surface area contributed by atoms with E-state index < -0.39 is 28.2 Å². The number of hydrogen-bond donors (Lipinski definition) is 1. The molecule has 0 aliphatic heterocycles. The van der Waals surface area contributed by atoms with Gasteiger partial charge in [-0.1, -0.05) is 31.2 Å². The summed E-state index contributed by atoms with van der Waals surface area (Å²) in [4.78, 5) is 26.9. The minimum absolute atomic E-state index is 0.0118. The van der Waals surface area contributed by atoms with Crippen LogP contribution in [0.5, 0.6) is 0 Å². The number of rotatable bonds is 10. The van der Waals surface area contributed by atoms with Gasteiger partial charge in [-0.15, -0.1) is 0 Å². The zero-order valence-corrected chi connectivity index (χ0v) is 20.0. The van der Waals surface area contributed by atoms with Gasteiger partial charge in [0.1, 0.15) is 12.5 Å². The van der Waals surface area contributed by atoms with Gasteiger partial charge >= 0.3 is 0 Å². The molecule has 0 bridgehead atoms. The van der Waals surface area contributed by atoms with Gasteiger partial charge in [-0.05, 0) is 59.7 Å². The van der Waals surface area contributed by atoms with Crippen LogP contribution in [0.1, 0.15) is 38.8 Å². The number of nitrogens with one attached hydrogen (secondary N) is 1. The first kappa shape index (κ1) is 26.0. The molecule has 35 heavy (non-hydrogen) atoms. The summed E-state index contributed by atoms with van der Waals surface area (Å²) in [6.07, 6.45) is 0. The molecule has 6 nitrogen and oxygen atoms in total. The first-order chi connectivity index (χ1) is 16.7. The minimum atomic E-state index is -3.29. The van der Waals surface area contributed by atoms with Crippen LogP contribution < -0.4 is 5.32 Å². The van der Waals surface area contributed by atoms with Gasteiger partial charge in [0.15, 0.2) is 9.84 Å². The molecular weight excluding hydrogens is 474 g/mol. The largest absolute Gasteiger partial charge is 0.348 e. The molecule has 9 heteroatoms. The van der Waals surface area contributed by atoms with Gasteiger partial charge in [-0.25, -0.2) is 17.2 Å². The maximum absolute atomic E-state index is 13.5. The smallest absolute Gasteiger partial charge is 0.254 e. The maximum atomic E-state index is 13.5. The summed E-state index contributed by atoms with van der Waals surface area (Å²) in [5.41, 5.74) is 1.88. The van der Waals surface area contributed by atoms with E-state index in [9.17, 15) is 26.8 Å². The summed E-state index contributed by atoms with van der Waals surface area (Å²) < 4.78 is 50.3. The Labute approximate surface area is 203 Å². The molecule has 0 aromatic heterocycles. The Morgan fingerprint density at radius 3 is 2.17 bits per heavy atom. The second kappa shape index (κ2) is 11.7. The van der Waals surface area contributed by atoms with Gasteiger partial charge < -0.3 is 10.2 Å². The number of alkyl halides is 1. The van der Waals surface area contributed by atoms with E-state index in [0.717, 1.165) is 5.56 Å². The van der Waals surface area contributed by atoms with Crippen LogP contribution in [-0.2, 0) is 22.9 Å². The van der Waals surface area contributed by atoms with Crippen molar-refractivity contribution in [2.45, 2.75) is 24.9 Å². The third-order valence-corrected chi connectivity index (χ3v) is 7.16. The van der Waals surface area contributed by atoms with Crippen LogP contribution in [0, 0.1) is 5.82 Å². The highest BCUT2D eigenvalue weighted by atomic mass is 32.2. The zero-order valence-electron chi connectivity index (χ0n) is 19.2. The van der Waals surface area contributed by atoms with Crippen LogP contribution in [0.15, 0.2) is 77.7 Å². The molecule has 0 atom stereocenters. The quantitative estimate of drug-likeness (QED) is 0.453. The lowest BCUT2D eigenvalue weighted by Crippen LogP contribution is -2.32. The summed E-state index contributed by atoms with van der Waals surface area (Å²) >= 11 is 0. The fourth-order valence-corrected chi connectivity index (χ4v) is 4.31. The highest BCUT2D eigenvalue weighted by Gasteiger charge is 2.17. The van der Waals surface area contributed by atoms with E-state index in [-0.39, 0.29) is 41.8 Å². The summed E-state index contributed by atoms with van der Waals surface area (Å²) in [7, 11) is -3.29. The number of halogens is 2. The summed E-state index contributed by atoms with van der Waals surface area (Å²) in [5, 5.41) is 2.75. The van der Waals surface area contributed by atoms with Crippen molar-refractivity contribution in [2.75, 3.05) is 19.0 Å². The number of nitrogens with zero attached hydrogens (tertiary/aromatic N) is 1. The molecule has 0 unspecified atom stereocenters. The number of hydrogen-bond acceptors (Lipinski definition) is 4. The van der Waals surface area contributed by atoms with Gasteiger partial charge in [0.05, 0.1) is 10.6 Å². The Balaban J connectivity index is 1.62. The molecule has 0 spiro atoms. The van der Waals surface area contributed by atoms with Gasteiger partial charge in [0, 0.05) is 30.8 Å². The SMILES string of the molecule is CCS(=O)(=O)c1ccc(CNC(=O)c2ccc(C(=O)N(CCF)Cc3cccc(F)c3)cc2)cc1. The van der Waals surface area contributed by atoms with Crippen molar-refractivity contribution >= 4 is 21.7 Å². The van der Waals surface area contributed by atoms with Gasteiger partial charge in [0.2, 0.25) is 0 Å². The molecule has 0 aliphatic carbocycles. The average molecular weight is 501 g/mol. The van der Waals surface area contributed by atoms with E-state index in [4.69, 9.17) is 0 Å². The first-order valence-electron chi connectivity index (χ1n) is 11.0. The van der Waals surface area contributed by atoms with Crippen LogP contribution in [-0.4, -0.2) is 44.1 Å². The Hall–Kier alpha value is -3.59. The zero-order chi connectivity index (χ0) is 25.4. The molecule has 184 valence electrons. The normalized spacial score (nSPS) is 11.2. The molecule has 1 N–H and O–H groups in total. The number of amides is 2. The summed E-state index contributed by atoms with van der Waals surface area (Å²) in [6.45, 7) is 0.944. The van der Waals surface area contributed by atoms with E-state index >= 15 is 0 Å². The monoisotopic (exact) mass is 500 g/mol. The second-order valence-corrected chi connectivity index (χ2v) is 10.1. The van der Waals surface area contributed by atoms with E-state index in [1.165, 1.54) is 59.5 Å². The minimum Gasteiger partial charge on any atom is -0.348 e. The van der Waals surface area contributed by atoms with Crippen LogP contribution in [0.4, 0.5) is 8.78 Å². The lowest BCUT2D eigenvalue weighted by atomic mass is 10.1. The Kier molecular flexibility index (Phi) is 8.70. The molecule has 2 amide bonds. The first-order valence-corrected chi connectivity index (χ1v) is 12.7. The Morgan fingerprint density at radius 2 is 1.57 bits per heavy atom. The Morgan fingerprint density at radius 1 is 0.914 bits per heavy atom. The third-order valence-electron chi connectivity index (χ3n) is 5.41. The lowest BCUT2D eigenvalue weighted by molar-refractivity contribution is 0.0731. The van der Waals surface area contributed by atoms with Crippen molar-refractivity contribution in [3.05, 3.63) is 101 Å². The molecule has 0 saturated carbocycles. The van der Waals surface area contributed by atoms with Crippen molar-refractivity contribution in [3.63, 3.8) is 0 Å². The number of sulfone groups is 1. The highest BCUT2D eigenvalue weighted by molar-refractivity contribution is 7.91. The van der Waals surface area contributed by atoms with Gasteiger partial charge in [-0.2, -0.15) is 0 Å². The van der Waals surface area contributed by atoms with Crippen molar-refractivity contribution in [1.29, 1.82) is 0 Å². The molecule has 0 fully saturated rings. The average Bonchev–Trinajstić information content (AvgIpc) is 2.87. The van der Waals surface area contributed by atoms with E-state index in [0.29, 0.717) is 11.1 Å². The maximum Gasteiger partial charge on any atom is 0.254 e. The molecule has 0 radical (unpaired) electrons. The third kappa shape index (κ3) is 6.95. The van der Waals surface area contributed by atoms with Crippen molar-refractivity contribution < 1.29 is 26.8 Å². The van der Waals surface area contributed by atoms with E-state index in [2.05, 4.69) is 5.32 Å². The molecule has 0 heterocycles. The predicted octanol–water partition coefficient (Wildman–Crippen LogP) is 4.16. The number of benzene rings is 3. The molecule has 0 saturated heterocycles. The fourth-order valence-electron chi connectivity index (χ4n) is 3.42. The van der Waals surface area contributed by atoms with Crippen LogP contribution in [0.2, 0.25) is 0 Å². The molecular formula is C26H26F2N2O4S. The van der Waals surface area contributed by atoms with Crippen LogP contribution in [0.25, 0.3) is 0 Å². The highest BCUT2D eigenvalue weighted by Crippen LogP contribution is 2.14. The molecule has 0 aliphatic rings. The van der Waals surface area contributed by atoms with E-state index in [1.807, 2.05) is 0 Å². The standard InChI is InChI=1S/C26H26F2N2O4S/c1-2-35(33,34)24-12-6-19(7-13-24)17-29-25(31)21-8-10-22(11-9-21)26(32)30(15-14-27)18-20-4-3-5-23(28)16-20/h3-13,16H,2,14-15,17-18H2,1H3,(H,29,31). The number of carbonyl (C=O) groups excluding carboxylic acids is 2. The predicted molar refractivity (Wildman–Crippen MR) is 129 cm³/mol. The molecule has 3 aromatic carbocycles. The number of carbonyl (C=O) groups is 2. The van der Waals surface area contributed by atoms with Gasteiger partial charge in [0.25, 0.3) is 11.8 Å². The molecule has 3 aromatic rings. The molecule has 3 rings (SSSR count). The van der Waals surface area contributed by atoms with Crippen LogP contribution in [0.3, 0.4) is 0 Å².